The highest BCUT2D eigenvalue weighted by molar-refractivity contribution is 5.06. The Balaban J connectivity index is 2.46. The van der Waals surface area contributed by atoms with E-state index >= 15 is 0 Å². The Hall–Kier alpha value is -0.480. The van der Waals surface area contributed by atoms with Crippen LogP contribution in [0.5, 0.6) is 0 Å². The molecule has 0 saturated heterocycles. The summed E-state index contributed by atoms with van der Waals surface area (Å²) < 4.78 is 5.84. The normalized spacial score (nSPS) is 24.1. The fraction of sp³-hybridized carbons (Fsp3) is 0.833. The molecule has 1 atom stereocenters. The first-order valence-corrected chi connectivity index (χ1v) is 5.24. The van der Waals surface area contributed by atoms with Crippen LogP contribution in [0.1, 0.15) is 52.9 Å². The summed E-state index contributed by atoms with van der Waals surface area (Å²) in [5.41, 5.74) is -0.0570. The average molecular weight is 180 g/mol. The topological polar surface area (TPSA) is 9.23 Å². The number of hydrogen-bond donors (Lipinski definition) is 0. The average Bonchev–Trinajstić information content (AvgIpc) is 1.92. The molecule has 0 aliphatic heterocycles. The van der Waals surface area contributed by atoms with E-state index in [0.717, 1.165) is 12.8 Å². The van der Waals surface area contributed by atoms with Crippen molar-refractivity contribution < 1.29 is 4.74 Å². The van der Waals surface area contributed by atoms with E-state index < -0.39 is 0 Å². The maximum Gasteiger partial charge on any atom is 0.118 e. The number of ether oxygens (including phenoxy) is 1. The molecule has 0 spiro atoms. The molecule has 1 heteroatoms. The summed E-state index contributed by atoms with van der Waals surface area (Å²) in [5.74, 6) is 6.39. The zero-order chi connectivity index (χ0) is 9.73. The predicted molar refractivity (Wildman–Crippen MR) is 55.5 cm³/mol. The molecule has 1 unspecified atom stereocenters. The molecule has 0 radical (unpaired) electrons. The lowest BCUT2D eigenvalue weighted by Gasteiger charge is -2.24. The molecule has 0 amide bonds. The van der Waals surface area contributed by atoms with Gasteiger partial charge in [0.25, 0.3) is 0 Å². The van der Waals surface area contributed by atoms with Crippen molar-refractivity contribution in [3.8, 4) is 11.8 Å². The summed E-state index contributed by atoms with van der Waals surface area (Å²) in [6, 6.07) is 0. The van der Waals surface area contributed by atoms with Gasteiger partial charge in [0.2, 0.25) is 0 Å². The Labute approximate surface area is 81.9 Å². The van der Waals surface area contributed by atoms with Crippen LogP contribution in [0.15, 0.2) is 0 Å². The maximum absolute atomic E-state index is 5.84. The molecule has 0 bridgehead atoms. The monoisotopic (exact) mass is 180 g/mol. The van der Waals surface area contributed by atoms with Crippen molar-refractivity contribution in [2.75, 3.05) is 0 Å². The third kappa shape index (κ3) is 4.95. The Morgan fingerprint density at radius 2 is 1.92 bits per heavy atom. The number of hydrogen-bond acceptors (Lipinski definition) is 1. The molecule has 1 nitrogen and oxygen atoms in total. The Morgan fingerprint density at radius 3 is 2.62 bits per heavy atom. The third-order valence-corrected chi connectivity index (χ3v) is 2.03. The number of rotatable bonds is 1. The first-order valence-electron chi connectivity index (χ1n) is 5.24. The van der Waals surface area contributed by atoms with E-state index in [4.69, 9.17) is 4.74 Å². The zero-order valence-electron chi connectivity index (χ0n) is 9.02. The zero-order valence-corrected chi connectivity index (χ0v) is 9.02. The molecule has 0 saturated carbocycles. The second-order valence-electron chi connectivity index (χ2n) is 4.64. The van der Waals surface area contributed by atoms with Crippen LogP contribution in [0.25, 0.3) is 0 Å². The van der Waals surface area contributed by atoms with Gasteiger partial charge in [-0.2, -0.15) is 0 Å². The minimum atomic E-state index is -0.0570. The van der Waals surface area contributed by atoms with E-state index in [1.165, 1.54) is 19.3 Å². The molecule has 0 heterocycles. The summed E-state index contributed by atoms with van der Waals surface area (Å²) >= 11 is 0. The van der Waals surface area contributed by atoms with E-state index in [9.17, 15) is 0 Å². The fourth-order valence-corrected chi connectivity index (χ4v) is 1.49. The minimum absolute atomic E-state index is 0.0570. The van der Waals surface area contributed by atoms with Gasteiger partial charge >= 0.3 is 0 Å². The molecule has 0 aromatic rings. The van der Waals surface area contributed by atoms with Gasteiger partial charge in [0.05, 0.1) is 5.60 Å². The van der Waals surface area contributed by atoms with Crippen LogP contribution >= 0.6 is 0 Å². The van der Waals surface area contributed by atoms with Crippen LogP contribution in [0, 0.1) is 11.8 Å². The summed E-state index contributed by atoms with van der Waals surface area (Å²) in [7, 11) is 0. The molecule has 74 valence electrons. The molecule has 0 fully saturated rings. The predicted octanol–water partition coefficient (Wildman–Crippen LogP) is 3.14. The van der Waals surface area contributed by atoms with Crippen LogP contribution in [0.2, 0.25) is 0 Å². The van der Waals surface area contributed by atoms with Crippen molar-refractivity contribution >= 4 is 0 Å². The van der Waals surface area contributed by atoms with Gasteiger partial charge in [-0.05, 0) is 40.0 Å². The molecule has 0 aromatic heterocycles. The molecule has 1 rings (SSSR count). The molecular weight excluding hydrogens is 160 g/mol. The lowest BCUT2D eigenvalue weighted by Crippen LogP contribution is -2.26. The van der Waals surface area contributed by atoms with Crippen molar-refractivity contribution in [1.82, 2.24) is 0 Å². The SMILES string of the molecule is CC(C)(C)OC1C#CCCCCC1. The first kappa shape index (κ1) is 10.6. The fourth-order valence-electron chi connectivity index (χ4n) is 1.49. The molecule has 0 N–H and O–H groups in total. The highest BCUT2D eigenvalue weighted by Gasteiger charge is 2.17. The van der Waals surface area contributed by atoms with Crippen molar-refractivity contribution in [3.63, 3.8) is 0 Å². The van der Waals surface area contributed by atoms with Crippen LogP contribution in [-0.2, 0) is 4.74 Å². The third-order valence-electron chi connectivity index (χ3n) is 2.03. The summed E-state index contributed by atoms with van der Waals surface area (Å²) in [6.07, 6.45) is 6.14. The summed E-state index contributed by atoms with van der Waals surface area (Å²) in [4.78, 5) is 0. The summed E-state index contributed by atoms with van der Waals surface area (Å²) in [6.45, 7) is 6.27. The van der Waals surface area contributed by atoms with Gasteiger partial charge in [-0.3, -0.25) is 0 Å². The summed E-state index contributed by atoms with van der Waals surface area (Å²) in [5, 5.41) is 0. The van der Waals surface area contributed by atoms with E-state index in [0.29, 0.717) is 0 Å². The lowest BCUT2D eigenvalue weighted by molar-refractivity contribution is -0.0376. The van der Waals surface area contributed by atoms with Crippen LogP contribution < -0.4 is 0 Å². The van der Waals surface area contributed by atoms with E-state index in [-0.39, 0.29) is 11.7 Å². The van der Waals surface area contributed by atoms with Crippen LogP contribution in [0.4, 0.5) is 0 Å². The molecule has 0 aromatic carbocycles. The van der Waals surface area contributed by atoms with Gasteiger partial charge in [0.1, 0.15) is 6.10 Å². The second-order valence-corrected chi connectivity index (χ2v) is 4.64. The lowest BCUT2D eigenvalue weighted by atomic mass is 10.0. The quantitative estimate of drug-likeness (QED) is 0.563. The van der Waals surface area contributed by atoms with Crippen molar-refractivity contribution in [2.45, 2.75) is 64.6 Å². The second kappa shape index (κ2) is 4.67. The van der Waals surface area contributed by atoms with Gasteiger partial charge in [-0.15, -0.1) is 5.92 Å². The Morgan fingerprint density at radius 1 is 1.15 bits per heavy atom. The van der Waals surface area contributed by atoms with Crippen LogP contribution in [-0.4, -0.2) is 11.7 Å². The van der Waals surface area contributed by atoms with Crippen molar-refractivity contribution in [2.24, 2.45) is 0 Å². The van der Waals surface area contributed by atoms with E-state index in [2.05, 4.69) is 32.6 Å². The van der Waals surface area contributed by atoms with Gasteiger partial charge in [0.15, 0.2) is 0 Å². The van der Waals surface area contributed by atoms with E-state index in [1.54, 1.807) is 0 Å². The molecule has 1 aliphatic carbocycles. The van der Waals surface area contributed by atoms with Gasteiger partial charge in [0, 0.05) is 6.42 Å². The maximum atomic E-state index is 5.84. The highest BCUT2D eigenvalue weighted by atomic mass is 16.5. The largest absolute Gasteiger partial charge is 0.360 e. The van der Waals surface area contributed by atoms with Gasteiger partial charge < -0.3 is 4.74 Å². The van der Waals surface area contributed by atoms with Crippen molar-refractivity contribution in [3.05, 3.63) is 0 Å². The first-order chi connectivity index (χ1) is 6.08. The van der Waals surface area contributed by atoms with Gasteiger partial charge in [-0.25, -0.2) is 0 Å². The smallest absolute Gasteiger partial charge is 0.118 e. The van der Waals surface area contributed by atoms with Crippen molar-refractivity contribution in [1.29, 1.82) is 0 Å². The molecular formula is C12H20O. The Kier molecular flexibility index (Phi) is 3.81. The molecule has 13 heavy (non-hydrogen) atoms. The standard InChI is InChI=1S/C12H20O/c1-12(2,3)13-11-9-7-5-4-6-8-10-11/h11H,4-7,9H2,1-3H3. The Bertz CT molecular complexity index is 201. The minimum Gasteiger partial charge on any atom is -0.360 e. The highest BCUT2D eigenvalue weighted by Crippen LogP contribution is 2.16. The van der Waals surface area contributed by atoms with Gasteiger partial charge in [-0.1, -0.05) is 12.3 Å². The van der Waals surface area contributed by atoms with E-state index in [1.807, 2.05) is 0 Å². The van der Waals surface area contributed by atoms with Crippen LogP contribution in [0.3, 0.4) is 0 Å². The molecule has 1 aliphatic rings.